The van der Waals surface area contributed by atoms with Crippen LogP contribution in [0, 0.1) is 17.1 Å². The van der Waals surface area contributed by atoms with Gasteiger partial charge in [-0.15, -0.1) is 0 Å². The number of rotatable bonds is 2. The molecule has 3 rings (SSSR count). The highest BCUT2D eigenvalue weighted by Crippen LogP contribution is 2.21. The SMILES string of the molecule is N#C/C(=C\c1cccc(F)c1)c1nc(N)c2ccccc2n1. The Bertz CT molecular complexity index is 925. The van der Waals surface area contributed by atoms with Gasteiger partial charge in [0.15, 0.2) is 5.82 Å². The van der Waals surface area contributed by atoms with Gasteiger partial charge in [-0.25, -0.2) is 14.4 Å². The zero-order chi connectivity index (χ0) is 15.5. The second kappa shape index (κ2) is 5.62. The average molecular weight is 290 g/mol. The van der Waals surface area contributed by atoms with Crippen molar-refractivity contribution in [2.75, 3.05) is 5.73 Å². The second-order valence-corrected chi connectivity index (χ2v) is 4.67. The molecule has 0 amide bonds. The topological polar surface area (TPSA) is 75.6 Å². The first kappa shape index (κ1) is 13.7. The van der Waals surface area contributed by atoms with E-state index in [9.17, 15) is 9.65 Å². The third-order valence-corrected chi connectivity index (χ3v) is 3.15. The van der Waals surface area contributed by atoms with Gasteiger partial charge in [0.1, 0.15) is 17.7 Å². The highest BCUT2D eigenvalue weighted by atomic mass is 19.1. The normalized spacial score (nSPS) is 11.4. The Labute approximate surface area is 126 Å². The fraction of sp³-hybridized carbons (Fsp3) is 0. The van der Waals surface area contributed by atoms with E-state index in [-0.39, 0.29) is 17.2 Å². The highest BCUT2D eigenvalue weighted by molar-refractivity contribution is 5.92. The van der Waals surface area contributed by atoms with Crippen LogP contribution in [0.1, 0.15) is 11.4 Å². The number of anilines is 1. The lowest BCUT2D eigenvalue weighted by atomic mass is 10.1. The van der Waals surface area contributed by atoms with E-state index in [0.29, 0.717) is 16.9 Å². The Balaban J connectivity index is 2.14. The van der Waals surface area contributed by atoms with Crippen LogP contribution < -0.4 is 5.73 Å². The lowest BCUT2D eigenvalue weighted by Crippen LogP contribution is -2.00. The van der Waals surface area contributed by atoms with Gasteiger partial charge in [-0.05, 0) is 35.9 Å². The van der Waals surface area contributed by atoms with Crippen LogP contribution in [0.3, 0.4) is 0 Å². The fourth-order valence-electron chi connectivity index (χ4n) is 2.13. The van der Waals surface area contributed by atoms with Crippen LogP contribution in [0.2, 0.25) is 0 Å². The van der Waals surface area contributed by atoms with Gasteiger partial charge in [0, 0.05) is 5.39 Å². The number of nitrogens with two attached hydrogens (primary N) is 1. The molecule has 0 spiro atoms. The zero-order valence-electron chi connectivity index (χ0n) is 11.5. The molecule has 5 heteroatoms. The monoisotopic (exact) mass is 290 g/mol. The number of benzene rings is 2. The number of hydrogen-bond donors (Lipinski definition) is 1. The molecule has 0 saturated heterocycles. The summed E-state index contributed by atoms with van der Waals surface area (Å²) in [6.07, 6.45) is 1.53. The summed E-state index contributed by atoms with van der Waals surface area (Å²) in [6.45, 7) is 0. The number of hydrogen-bond acceptors (Lipinski definition) is 4. The summed E-state index contributed by atoms with van der Waals surface area (Å²) in [5.74, 6) is 0.161. The Morgan fingerprint density at radius 3 is 2.73 bits per heavy atom. The highest BCUT2D eigenvalue weighted by Gasteiger charge is 2.09. The summed E-state index contributed by atoms with van der Waals surface area (Å²) in [7, 11) is 0. The smallest absolute Gasteiger partial charge is 0.172 e. The molecular formula is C17H11FN4. The number of allylic oxidation sites excluding steroid dienone is 1. The summed E-state index contributed by atoms with van der Waals surface area (Å²) in [4.78, 5) is 8.52. The van der Waals surface area contributed by atoms with E-state index in [4.69, 9.17) is 5.73 Å². The van der Waals surface area contributed by atoms with Crippen molar-refractivity contribution in [1.29, 1.82) is 5.26 Å². The Kier molecular flexibility index (Phi) is 3.50. The van der Waals surface area contributed by atoms with Gasteiger partial charge in [-0.2, -0.15) is 5.26 Å². The standard InChI is InChI=1S/C17H11FN4/c18-13-5-3-4-11(9-13)8-12(10-19)17-21-15-7-2-1-6-14(15)16(20)22-17/h1-9H,(H2,20,21,22)/b12-8+. The van der Waals surface area contributed by atoms with Crippen molar-refractivity contribution in [3.8, 4) is 6.07 Å². The van der Waals surface area contributed by atoms with E-state index in [1.807, 2.05) is 24.3 Å². The molecular weight excluding hydrogens is 279 g/mol. The summed E-state index contributed by atoms with van der Waals surface area (Å²) in [5.41, 5.74) is 7.36. The number of nitrogen functional groups attached to an aromatic ring is 1. The minimum Gasteiger partial charge on any atom is -0.383 e. The van der Waals surface area contributed by atoms with E-state index in [2.05, 4.69) is 9.97 Å². The first-order chi connectivity index (χ1) is 10.7. The van der Waals surface area contributed by atoms with Gasteiger partial charge < -0.3 is 5.73 Å². The van der Waals surface area contributed by atoms with Crippen molar-refractivity contribution in [3.63, 3.8) is 0 Å². The third kappa shape index (κ3) is 2.63. The van der Waals surface area contributed by atoms with Gasteiger partial charge >= 0.3 is 0 Å². The minimum atomic E-state index is -0.370. The van der Waals surface area contributed by atoms with E-state index >= 15 is 0 Å². The molecule has 0 atom stereocenters. The minimum absolute atomic E-state index is 0.225. The van der Waals surface area contributed by atoms with Crippen molar-refractivity contribution in [2.45, 2.75) is 0 Å². The fourth-order valence-corrected chi connectivity index (χ4v) is 2.13. The molecule has 2 aromatic carbocycles. The molecule has 0 bridgehead atoms. The molecule has 3 aromatic rings. The van der Waals surface area contributed by atoms with Gasteiger partial charge in [0.25, 0.3) is 0 Å². The average Bonchev–Trinajstić information content (AvgIpc) is 2.52. The molecule has 0 aliphatic carbocycles. The predicted molar refractivity (Wildman–Crippen MR) is 83.8 cm³/mol. The zero-order valence-corrected chi connectivity index (χ0v) is 11.5. The molecule has 2 N–H and O–H groups in total. The van der Waals surface area contributed by atoms with Crippen molar-refractivity contribution < 1.29 is 4.39 Å². The molecule has 0 aliphatic heterocycles. The molecule has 0 fully saturated rings. The van der Waals surface area contributed by atoms with Crippen LogP contribution >= 0.6 is 0 Å². The van der Waals surface area contributed by atoms with Crippen LogP contribution in [0.4, 0.5) is 10.2 Å². The number of aromatic nitrogens is 2. The van der Waals surface area contributed by atoms with Crippen molar-refractivity contribution in [2.24, 2.45) is 0 Å². The van der Waals surface area contributed by atoms with Crippen LogP contribution in [0.5, 0.6) is 0 Å². The van der Waals surface area contributed by atoms with Gasteiger partial charge in [0.05, 0.1) is 11.1 Å². The summed E-state index contributed by atoms with van der Waals surface area (Å²) < 4.78 is 13.2. The van der Waals surface area contributed by atoms with E-state index in [1.54, 1.807) is 18.2 Å². The number of nitrogens with zero attached hydrogens (tertiary/aromatic N) is 3. The number of para-hydroxylation sites is 1. The van der Waals surface area contributed by atoms with E-state index < -0.39 is 0 Å². The van der Waals surface area contributed by atoms with Crippen molar-refractivity contribution >= 4 is 28.4 Å². The van der Waals surface area contributed by atoms with E-state index in [1.165, 1.54) is 18.2 Å². The van der Waals surface area contributed by atoms with Gasteiger partial charge in [-0.3, -0.25) is 0 Å². The molecule has 1 aromatic heterocycles. The predicted octanol–water partition coefficient (Wildman–Crippen LogP) is 3.42. The quantitative estimate of drug-likeness (QED) is 0.734. The van der Waals surface area contributed by atoms with Gasteiger partial charge in [-0.1, -0.05) is 24.3 Å². The first-order valence-electron chi connectivity index (χ1n) is 6.57. The Hall–Kier alpha value is -3.26. The summed E-state index contributed by atoms with van der Waals surface area (Å²) >= 11 is 0. The van der Waals surface area contributed by atoms with Crippen molar-refractivity contribution in [1.82, 2.24) is 9.97 Å². The molecule has 0 radical (unpaired) electrons. The number of halogens is 1. The Morgan fingerprint density at radius 2 is 1.95 bits per heavy atom. The van der Waals surface area contributed by atoms with Gasteiger partial charge in [0.2, 0.25) is 0 Å². The molecule has 0 aliphatic rings. The maximum absolute atomic E-state index is 13.2. The maximum atomic E-state index is 13.2. The van der Waals surface area contributed by atoms with Crippen LogP contribution in [0.25, 0.3) is 22.6 Å². The van der Waals surface area contributed by atoms with Crippen LogP contribution in [-0.4, -0.2) is 9.97 Å². The summed E-state index contributed by atoms with van der Waals surface area (Å²) in [5, 5.41) is 10.1. The number of nitriles is 1. The Morgan fingerprint density at radius 1 is 1.14 bits per heavy atom. The van der Waals surface area contributed by atoms with E-state index in [0.717, 1.165) is 5.39 Å². The molecule has 4 nitrogen and oxygen atoms in total. The maximum Gasteiger partial charge on any atom is 0.172 e. The van der Waals surface area contributed by atoms with Crippen molar-refractivity contribution in [3.05, 3.63) is 65.7 Å². The lowest BCUT2D eigenvalue weighted by Gasteiger charge is -2.04. The number of fused-ring (bicyclic) bond motifs is 1. The summed E-state index contributed by atoms with van der Waals surface area (Å²) in [6, 6.07) is 15.3. The third-order valence-electron chi connectivity index (χ3n) is 3.15. The molecule has 0 unspecified atom stereocenters. The van der Waals surface area contributed by atoms with Crippen LogP contribution in [-0.2, 0) is 0 Å². The molecule has 1 heterocycles. The first-order valence-corrected chi connectivity index (χ1v) is 6.57. The lowest BCUT2D eigenvalue weighted by molar-refractivity contribution is 0.627. The molecule has 0 saturated carbocycles. The largest absolute Gasteiger partial charge is 0.383 e. The molecule has 106 valence electrons. The second-order valence-electron chi connectivity index (χ2n) is 4.67. The van der Waals surface area contributed by atoms with Crippen LogP contribution in [0.15, 0.2) is 48.5 Å². The molecule has 22 heavy (non-hydrogen) atoms.